The van der Waals surface area contributed by atoms with Gasteiger partial charge in [0.05, 0.1) is 0 Å². The van der Waals surface area contributed by atoms with E-state index in [1.54, 1.807) is 0 Å². The molecule has 2 nitrogen and oxygen atoms in total. The van der Waals surface area contributed by atoms with Gasteiger partial charge in [-0.3, -0.25) is 4.90 Å². The summed E-state index contributed by atoms with van der Waals surface area (Å²) in [7, 11) is 0. The predicted octanol–water partition coefficient (Wildman–Crippen LogP) is 3.64. The third kappa shape index (κ3) is 3.87. The fraction of sp³-hybridized carbons (Fsp3) is 0.684. The highest BCUT2D eigenvalue weighted by molar-refractivity contribution is 5.21. The van der Waals surface area contributed by atoms with Gasteiger partial charge in [0, 0.05) is 25.2 Å². The zero-order valence-corrected chi connectivity index (χ0v) is 13.6. The van der Waals surface area contributed by atoms with E-state index in [9.17, 15) is 0 Å². The zero-order chi connectivity index (χ0) is 14.7. The van der Waals surface area contributed by atoms with Gasteiger partial charge in [0.1, 0.15) is 0 Å². The van der Waals surface area contributed by atoms with E-state index in [1.165, 1.54) is 50.9 Å². The first-order valence-electron chi connectivity index (χ1n) is 8.74. The maximum absolute atomic E-state index is 3.87. The van der Waals surface area contributed by atoms with Gasteiger partial charge in [-0.1, -0.05) is 36.8 Å². The van der Waals surface area contributed by atoms with Crippen molar-refractivity contribution in [1.29, 1.82) is 0 Å². The van der Waals surface area contributed by atoms with E-state index in [4.69, 9.17) is 0 Å². The van der Waals surface area contributed by atoms with Crippen molar-refractivity contribution in [2.45, 2.75) is 57.5 Å². The summed E-state index contributed by atoms with van der Waals surface area (Å²) >= 11 is 0. The SMILES string of the molecule is CC(C)N1CC(NCC2CCC2)CC(c2ccccc2)C1. The average molecular weight is 286 g/mol. The minimum atomic E-state index is 0.643. The van der Waals surface area contributed by atoms with Crippen molar-refractivity contribution in [2.75, 3.05) is 19.6 Å². The van der Waals surface area contributed by atoms with Gasteiger partial charge in [0.25, 0.3) is 0 Å². The molecule has 116 valence electrons. The molecule has 1 aliphatic carbocycles. The van der Waals surface area contributed by atoms with Crippen LogP contribution in [0.15, 0.2) is 30.3 Å². The van der Waals surface area contributed by atoms with Gasteiger partial charge in [-0.25, -0.2) is 0 Å². The smallest absolute Gasteiger partial charge is 0.0201 e. The van der Waals surface area contributed by atoms with Gasteiger partial charge in [-0.05, 0) is 57.1 Å². The van der Waals surface area contributed by atoms with E-state index >= 15 is 0 Å². The molecule has 2 atom stereocenters. The highest BCUT2D eigenvalue weighted by Gasteiger charge is 2.30. The molecule has 21 heavy (non-hydrogen) atoms. The second-order valence-corrected chi connectivity index (χ2v) is 7.29. The van der Waals surface area contributed by atoms with E-state index in [0.717, 1.165) is 5.92 Å². The lowest BCUT2D eigenvalue weighted by molar-refractivity contribution is 0.132. The fourth-order valence-electron chi connectivity index (χ4n) is 3.70. The third-order valence-corrected chi connectivity index (χ3v) is 5.40. The van der Waals surface area contributed by atoms with Crippen LogP contribution in [0.1, 0.15) is 51.0 Å². The van der Waals surface area contributed by atoms with Crippen LogP contribution in [-0.4, -0.2) is 36.6 Å². The molecule has 2 unspecified atom stereocenters. The van der Waals surface area contributed by atoms with Gasteiger partial charge >= 0.3 is 0 Å². The van der Waals surface area contributed by atoms with Crippen molar-refractivity contribution in [3.63, 3.8) is 0 Å². The molecule has 2 heteroatoms. The van der Waals surface area contributed by atoms with Crippen molar-refractivity contribution in [3.8, 4) is 0 Å². The topological polar surface area (TPSA) is 15.3 Å². The van der Waals surface area contributed by atoms with E-state index in [1.807, 2.05) is 0 Å². The minimum absolute atomic E-state index is 0.643. The Morgan fingerprint density at radius 1 is 1.14 bits per heavy atom. The Balaban J connectivity index is 1.63. The van der Waals surface area contributed by atoms with Crippen molar-refractivity contribution >= 4 is 0 Å². The molecule has 0 aromatic heterocycles. The Labute approximate surface area is 129 Å². The maximum atomic E-state index is 3.87. The predicted molar refractivity (Wildman–Crippen MR) is 89.6 cm³/mol. The lowest BCUT2D eigenvalue weighted by Crippen LogP contribution is -2.51. The number of likely N-dealkylation sites (tertiary alicyclic amines) is 1. The Hall–Kier alpha value is -0.860. The molecule has 1 saturated heterocycles. The Bertz CT molecular complexity index is 424. The van der Waals surface area contributed by atoms with Gasteiger partial charge in [-0.2, -0.15) is 0 Å². The van der Waals surface area contributed by atoms with E-state index in [0.29, 0.717) is 18.0 Å². The molecule has 3 rings (SSSR count). The zero-order valence-electron chi connectivity index (χ0n) is 13.6. The first-order valence-corrected chi connectivity index (χ1v) is 8.74. The van der Waals surface area contributed by atoms with Gasteiger partial charge in [-0.15, -0.1) is 0 Å². The highest BCUT2D eigenvalue weighted by Crippen LogP contribution is 2.29. The van der Waals surface area contributed by atoms with Crippen LogP contribution in [0.4, 0.5) is 0 Å². The number of rotatable bonds is 5. The van der Waals surface area contributed by atoms with Crippen LogP contribution in [0.3, 0.4) is 0 Å². The molecule has 0 amide bonds. The van der Waals surface area contributed by atoms with E-state index in [-0.39, 0.29) is 0 Å². The second kappa shape index (κ2) is 6.93. The number of benzene rings is 1. The van der Waals surface area contributed by atoms with Crippen LogP contribution in [0, 0.1) is 5.92 Å². The first-order chi connectivity index (χ1) is 10.2. The molecule has 1 aromatic carbocycles. The van der Waals surface area contributed by atoms with Crippen LogP contribution in [0.5, 0.6) is 0 Å². The number of nitrogens with one attached hydrogen (secondary N) is 1. The normalized spacial score (nSPS) is 27.8. The third-order valence-electron chi connectivity index (χ3n) is 5.40. The number of hydrogen-bond donors (Lipinski definition) is 1. The largest absolute Gasteiger partial charge is 0.312 e. The van der Waals surface area contributed by atoms with Crippen molar-refractivity contribution in [1.82, 2.24) is 10.2 Å². The second-order valence-electron chi connectivity index (χ2n) is 7.29. The minimum Gasteiger partial charge on any atom is -0.312 e. The van der Waals surface area contributed by atoms with Crippen LogP contribution < -0.4 is 5.32 Å². The lowest BCUT2D eigenvalue weighted by atomic mass is 9.84. The van der Waals surface area contributed by atoms with Gasteiger partial charge in [0.2, 0.25) is 0 Å². The van der Waals surface area contributed by atoms with Gasteiger partial charge in [0.15, 0.2) is 0 Å². The standard InChI is InChI=1S/C19H30N2/c1-15(2)21-13-18(17-9-4-3-5-10-17)11-19(14-21)20-12-16-7-6-8-16/h3-5,9-10,15-16,18-20H,6-8,11-14H2,1-2H3. The van der Waals surface area contributed by atoms with Gasteiger partial charge < -0.3 is 5.32 Å². The molecule has 0 bridgehead atoms. The molecule has 1 aliphatic heterocycles. The number of piperidine rings is 1. The average Bonchev–Trinajstić information content (AvgIpc) is 2.46. The van der Waals surface area contributed by atoms with Crippen LogP contribution >= 0.6 is 0 Å². The van der Waals surface area contributed by atoms with E-state index in [2.05, 4.69) is 54.4 Å². The lowest BCUT2D eigenvalue weighted by Gasteiger charge is -2.41. The summed E-state index contributed by atoms with van der Waals surface area (Å²) in [5, 5.41) is 3.87. The Morgan fingerprint density at radius 2 is 1.90 bits per heavy atom. The first kappa shape index (κ1) is 15.1. The van der Waals surface area contributed by atoms with Crippen molar-refractivity contribution in [3.05, 3.63) is 35.9 Å². The summed E-state index contributed by atoms with van der Waals surface area (Å²) in [5.74, 6) is 1.64. The number of hydrogen-bond acceptors (Lipinski definition) is 2. The van der Waals surface area contributed by atoms with Crippen LogP contribution in [-0.2, 0) is 0 Å². The fourth-order valence-corrected chi connectivity index (χ4v) is 3.70. The molecule has 1 aromatic rings. The van der Waals surface area contributed by atoms with Crippen LogP contribution in [0.25, 0.3) is 0 Å². The monoisotopic (exact) mass is 286 g/mol. The molecule has 0 radical (unpaired) electrons. The maximum Gasteiger partial charge on any atom is 0.0201 e. The highest BCUT2D eigenvalue weighted by atomic mass is 15.2. The molecular weight excluding hydrogens is 256 g/mol. The summed E-state index contributed by atoms with van der Waals surface area (Å²) in [6, 6.07) is 12.4. The Kier molecular flexibility index (Phi) is 4.97. The van der Waals surface area contributed by atoms with Crippen LogP contribution in [0.2, 0.25) is 0 Å². The molecule has 2 fully saturated rings. The summed E-state index contributed by atoms with van der Waals surface area (Å²) in [6.07, 6.45) is 5.62. The summed E-state index contributed by atoms with van der Waals surface area (Å²) in [5.41, 5.74) is 1.51. The van der Waals surface area contributed by atoms with Crippen molar-refractivity contribution < 1.29 is 0 Å². The Morgan fingerprint density at radius 3 is 2.52 bits per heavy atom. The van der Waals surface area contributed by atoms with Crippen molar-refractivity contribution in [2.24, 2.45) is 5.92 Å². The summed E-state index contributed by atoms with van der Waals surface area (Å²) < 4.78 is 0. The molecular formula is C19H30N2. The number of nitrogens with zero attached hydrogens (tertiary/aromatic N) is 1. The molecule has 1 N–H and O–H groups in total. The molecule has 0 spiro atoms. The molecule has 1 heterocycles. The quantitative estimate of drug-likeness (QED) is 0.889. The molecule has 2 aliphatic rings. The molecule has 1 saturated carbocycles. The van der Waals surface area contributed by atoms with E-state index < -0.39 is 0 Å². The summed E-state index contributed by atoms with van der Waals surface area (Å²) in [4.78, 5) is 2.65. The summed E-state index contributed by atoms with van der Waals surface area (Å²) in [6.45, 7) is 8.32.